The molecular weight excluding hydrogens is 166 g/mol. The highest BCUT2D eigenvalue weighted by Crippen LogP contribution is 2.31. The zero-order chi connectivity index (χ0) is 8.39. The van der Waals surface area contributed by atoms with Crippen LogP contribution in [-0.2, 0) is 0 Å². The maximum absolute atomic E-state index is 3.53. The van der Waals surface area contributed by atoms with Gasteiger partial charge in [0.2, 0.25) is 0 Å². The molecule has 1 N–H and O–H groups in total. The lowest BCUT2D eigenvalue weighted by atomic mass is 10.2. The van der Waals surface area contributed by atoms with Gasteiger partial charge >= 0.3 is 0 Å². The van der Waals surface area contributed by atoms with Crippen LogP contribution >= 0.6 is 11.8 Å². The van der Waals surface area contributed by atoms with Crippen molar-refractivity contribution in [2.24, 2.45) is 0 Å². The molecule has 1 aliphatic rings. The highest BCUT2D eigenvalue weighted by atomic mass is 32.2. The molecule has 1 aliphatic heterocycles. The topological polar surface area (TPSA) is 12.0 Å². The van der Waals surface area contributed by atoms with Crippen LogP contribution in [0.15, 0.2) is 30.3 Å². The van der Waals surface area contributed by atoms with Crippen molar-refractivity contribution in [1.82, 2.24) is 5.32 Å². The number of hydrogen-bond donors (Lipinski definition) is 1. The SMILES string of the molecule is CC1CS[C@@H](c2ccccc2)N1. The average molecular weight is 179 g/mol. The molecule has 0 amide bonds. The van der Waals surface area contributed by atoms with Gasteiger partial charge in [0.1, 0.15) is 0 Å². The second kappa shape index (κ2) is 3.50. The quantitative estimate of drug-likeness (QED) is 0.710. The van der Waals surface area contributed by atoms with Crippen LogP contribution in [0.1, 0.15) is 17.9 Å². The Labute approximate surface area is 77.6 Å². The van der Waals surface area contributed by atoms with Gasteiger partial charge in [0.25, 0.3) is 0 Å². The van der Waals surface area contributed by atoms with E-state index in [0.717, 1.165) is 0 Å². The van der Waals surface area contributed by atoms with Crippen molar-refractivity contribution in [3.05, 3.63) is 35.9 Å². The molecule has 0 radical (unpaired) electrons. The molecule has 1 nitrogen and oxygen atoms in total. The lowest BCUT2D eigenvalue weighted by Gasteiger charge is -2.10. The largest absolute Gasteiger partial charge is 0.298 e. The molecule has 1 unspecified atom stereocenters. The summed E-state index contributed by atoms with van der Waals surface area (Å²) in [7, 11) is 0. The van der Waals surface area contributed by atoms with Crippen molar-refractivity contribution in [2.75, 3.05) is 5.75 Å². The maximum atomic E-state index is 3.53. The van der Waals surface area contributed by atoms with Crippen LogP contribution in [0.2, 0.25) is 0 Å². The molecule has 1 aromatic carbocycles. The molecule has 1 aromatic rings. The van der Waals surface area contributed by atoms with E-state index in [-0.39, 0.29) is 0 Å². The first-order valence-corrected chi connectivity index (χ1v) is 5.34. The third-order valence-electron chi connectivity index (χ3n) is 2.05. The smallest absolute Gasteiger partial charge is 0.0792 e. The molecule has 0 aromatic heterocycles. The van der Waals surface area contributed by atoms with Crippen molar-refractivity contribution >= 4 is 11.8 Å². The van der Waals surface area contributed by atoms with Crippen LogP contribution in [0, 0.1) is 0 Å². The van der Waals surface area contributed by atoms with Crippen molar-refractivity contribution in [2.45, 2.75) is 18.3 Å². The van der Waals surface area contributed by atoms with Crippen LogP contribution in [0.3, 0.4) is 0 Å². The molecule has 0 bridgehead atoms. The summed E-state index contributed by atoms with van der Waals surface area (Å²) in [4.78, 5) is 0. The van der Waals surface area contributed by atoms with Gasteiger partial charge in [0, 0.05) is 11.8 Å². The van der Waals surface area contributed by atoms with Gasteiger partial charge in [-0.15, -0.1) is 11.8 Å². The Hall–Kier alpha value is -0.470. The summed E-state index contributed by atoms with van der Waals surface area (Å²) in [6.45, 7) is 2.23. The second-order valence-corrected chi connectivity index (χ2v) is 4.33. The second-order valence-electron chi connectivity index (χ2n) is 3.19. The number of hydrogen-bond acceptors (Lipinski definition) is 2. The Balaban J connectivity index is 2.11. The number of nitrogens with one attached hydrogen (secondary N) is 1. The average Bonchev–Trinajstić information content (AvgIpc) is 2.54. The molecular formula is C10H13NS. The molecule has 2 heteroatoms. The zero-order valence-electron chi connectivity index (χ0n) is 7.16. The Bertz CT molecular complexity index is 247. The molecule has 2 rings (SSSR count). The molecule has 1 heterocycles. The van der Waals surface area contributed by atoms with E-state index >= 15 is 0 Å². The fourth-order valence-corrected chi connectivity index (χ4v) is 2.67. The predicted molar refractivity (Wildman–Crippen MR) is 54.2 cm³/mol. The van der Waals surface area contributed by atoms with Crippen molar-refractivity contribution in [1.29, 1.82) is 0 Å². The van der Waals surface area contributed by atoms with Crippen LogP contribution in [0.4, 0.5) is 0 Å². The summed E-state index contributed by atoms with van der Waals surface area (Å²) in [5.74, 6) is 1.22. The summed E-state index contributed by atoms with van der Waals surface area (Å²) in [5.41, 5.74) is 1.40. The molecule has 0 spiro atoms. The number of benzene rings is 1. The minimum atomic E-state index is 0.515. The third-order valence-corrected chi connectivity index (χ3v) is 3.49. The van der Waals surface area contributed by atoms with Gasteiger partial charge in [0.15, 0.2) is 0 Å². The van der Waals surface area contributed by atoms with E-state index in [9.17, 15) is 0 Å². The predicted octanol–water partition coefficient (Wildman–Crippen LogP) is 2.41. The molecule has 0 saturated carbocycles. The summed E-state index contributed by atoms with van der Waals surface area (Å²) in [6, 6.07) is 11.3. The Morgan fingerprint density at radius 3 is 2.67 bits per heavy atom. The highest BCUT2D eigenvalue weighted by Gasteiger charge is 2.21. The summed E-state index contributed by atoms with van der Waals surface area (Å²) in [5, 5.41) is 4.05. The molecule has 1 saturated heterocycles. The Kier molecular flexibility index (Phi) is 2.38. The first kappa shape index (κ1) is 8.14. The van der Waals surface area contributed by atoms with Crippen LogP contribution in [0.25, 0.3) is 0 Å². The van der Waals surface area contributed by atoms with Gasteiger partial charge in [-0.1, -0.05) is 30.3 Å². The molecule has 64 valence electrons. The molecule has 0 aliphatic carbocycles. The number of rotatable bonds is 1. The standard InChI is InChI=1S/C10H13NS/c1-8-7-12-10(11-8)9-5-3-2-4-6-9/h2-6,8,10-11H,7H2,1H3/t8?,10-/m0/s1. The fraction of sp³-hybridized carbons (Fsp3) is 0.400. The molecule has 2 atom stereocenters. The fourth-order valence-electron chi connectivity index (χ4n) is 1.42. The first-order valence-electron chi connectivity index (χ1n) is 4.29. The summed E-state index contributed by atoms with van der Waals surface area (Å²) in [6.07, 6.45) is 0. The van der Waals surface area contributed by atoms with Gasteiger partial charge in [-0.05, 0) is 12.5 Å². The highest BCUT2D eigenvalue weighted by molar-refractivity contribution is 7.99. The first-order chi connectivity index (χ1) is 5.86. The lowest BCUT2D eigenvalue weighted by Crippen LogP contribution is -2.21. The van der Waals surface area contributed by atoms with Gasteiger partial charge in [-0.25, -0.2) is 0 Å². The van der Waals surface area contributed by atoms with Crippen LogP contribution in [0.5, 0.6) is 0 Å². The van der Waals surface area contributed by atoms with Crippen LogP contribution < -0.4 is 5.32 Å². The lowest BCUT2D eigenvalue weighted by molar-refractivity contribution is 0.618. The summed E-state index contributed by atoms with van der Waals surface area (Å²) < 4.78 is 0. The Morgan fingerprint density at radius 1 is 1.33 bits per heavy atom. The van der Waals surface area contributed by atoms with E-state index in [1.54, 1.807) is 0 Å². The summed E-state index contributed by atoms with van der Waals surface area (Å²) >= 11 is 1.99. The Morgan fingerprint density at radius 2 is 2.08 bits per heavy atom. The minimum Gasteiger partial charge on any atom is -0.298 e. The number of thioether (sulfide) groups is 1. The van der Waals surface area contributed by atoms with E-state index in [0.29, 0.717) is 11.4 Å². The van der Waals surface area contributed by atoms with Gasteiger partial charge in [-0.3, -0.25) is 5.32 Å². The van der Waals surface area contributed by atoms with Crippen LogP contribution in [-0.4, -0.2) is 11.8 Å². The van der Waals surface area contributed by atoms with Gasteiger partial charge in [0.05, 0.1) is 5.37 Å². The molecule has 12 heavy (non-hydrogen) atoms. The monoisotopic (exact) mass is 179 g/mol. The van der Waals surface area contributed by atoms with E-state index in [1.807, 2.05) is 11.8 Å². The van der Waals surface area contributed by atoms with Crippen molar-refractivity contribution in [3.63, 3.8) is 0 Å². The zero-order valence-corrected chi connectivity index (χ0v) is 7.97. The van der Waals surface area contributed by atoms with Crippen molar-refractivity contribution < 1.29 is 0 Å². The minimum absolute atomic E-state index is 0.515. The maximum Gasteiger partial charge on any atom is 0.0792 e. The van der Waals surface area contributed by atoms with Gasteiger partial charge < -0.3 is 0 Å². The van der Waals surface area contributed by atoms with Gasteiger partial charge in [-0.2, -0.15) is 0 Å². The van der Waals surface area contributed by atoms with E-state index in [4.69, 9.17) is 0 Å². The third kappa shape index (κ3) is 1.65. The van der Waals surface area contributed by atoms with E-state index < -0.39 is 0 Å². The van der Waals surface area contributed by atoms with Crippen molar-refractivity contribution in [3.8, 4) is 0 Å². The van der Waals surface area contributed by atoms with E-state index in [1.165, 1.54) is 11.3 Å². The normalized spacial score (nSPS) is 29.1. The molecule has 1 fully saturated rings. The van der Waals surface area contributed by atoms with E-state index in [2.05, 4.69) is 42.6 Å².